The highest BCUT2D eigenvalue weighted by molar-refractivity contribution is 6.09. The molecule has 0 radical (unpaired) electrons. The van der Waals surface area contributed by atoms with E-state index in [0.717, 1.165) is 11.3 Å². The van der Waals surface area contributed by atoms with Crippen LogP contribution >= 0.6 is 0 Å². The summed E-state index contributed by atoms with van der Waals surface area (Å²) < 4.78 is 10.9. The van der Waals surface area contributed by atoms with Gasteiger partial charge in [-0.2, -0.15) is 0 Å². The number of carbonyl (C=O) groups is 2. The highest BCUT2D eigenvalue weighted by atomic mass is 16.5. The number of methoxy groups -OCH3 is 1. The Bertz CT molecular complexity index is 1160. The number of rotatable bonds is 6. The molecule has 0 spiro atoms. The summed E-state index contributed by atoms with van der Waals surface area (Å²) in [5, 5.41) is 10.5. The SMILES string of the molecule is COc1ccc([C@@H]2C3=C(CC(C)(C)CC3=O)N=C(C)C2C(=O)OCCc2ccccc2)cc1O. The Balaban J connectivity index is 1.69. The molecule has 2 aromatic rings. The molecule has 0 fully saturated rings. The van der Waals surface area contributed by atoms with E-state index in [1.807, 2.05) is 37.3 Å². The van der Waals surface area contributed by atoms with Crippen LogP contribution < -0.4 is 4.74 Å². The molecular weight excluding hydrogens is 430 g/mol. The van der Waals surface area contributed by atoms with Crippen molar-refractivity contribution in [2.75, 3.05) is 13.7 Å². The zero-order chi connectivity index (χ0) is 24.5. The van der Waals surface area contributed by atoms with Crippen LogP contribution in [0.3, 0.4) is 0 Å². The molecular formula is C28H31NO5. The van der Waals surface area contributed by atoms with Crippen molar-refractivity contribution in [3.05, 3.63) is 70.9 Å². The number of nitrogens with zero attached hydrogens (tertiary/aromatic N) is 1. The number of phenolic OH excluding ortho intramolecular Hbond substituents is 1. The molecule has 34 heavy (non-hydrogen) atoms. The van der Waals surface area contributed by atoms with Gasteiger partial charge in [0.2, 0.25) is 0 Å². The molecule has 0 saturated heterocycles. The lowest BCUT2D eigenvalue weighted by atomic mass is 9.67. The third kappa shape index (κ3) is 4.76. The summed E-state index contributed by atoms with van der Waals surface area (Å²) >= 11 is 0. The number of aliphatic imine (C=N–C) groups is 1. The Labute approximate surface area is 200 Å². The summed E-state index contributed by atoms with van der Waals surface area (Å²) in [5.41, 5.74) is 3.45. The van der Waals surface area contributed by atoms with Crippen molar-refractivity contribution >= 4 is 17.5 Å². The molecule has 178 valence electrons. The molecule has 2 atom stereocenters. The average Bonchev–Trinajstić information content (AvgIpc) is 2.77. The number of esters is 1. The standard InChI is InChI=1S/C28H31NO5/c1-17-24(27(32)34-13-12-18-8-6-5-7-9-18)25(19-10-11-23(33-4)21(30)14-19)26-20(29-17)15-28(2,3)16-22(26)31/h5-11,14,24-25,30H,12-13,15-16H2,1-4H3/t24?,25-/m0/s1. The smallest absolute Gasteiger partial charge is 0.315 e. The second-order valence-electron chi connectivity index (χ2n) is 9.84. The molecule has 1 aliphatic carbocycles. The largest absolute Gasteiger partial charge is 0.504 e. The molecule has 0 aromatic heterocycles. The minimum absolute atomic E-state index is 0.00936. The van der Waals surface area contributed by atoms with Gasteiger partial charge in [0.1, 0.15) is 5.92 Å². The molecule has 1 N–H and O–H groups in total. The van der Waals surface area contributed by atoms with Gasteiger partial charge in [-0.15, -0.1) is 0 Å². The molecule has 0 amide bonds. The molecule has 6 nitrogen and oxygen atoms in total. The molecule has 0 bridgehead atoms. The van der Waals surface area contributed by atoms with Crippen LogP contribution in [0.1, 0.15) is 50.7 Å². The van der Waals surface area contributed by atoms with Gasteiger partial charge in [0.15, 0.2) is 17.3 Å². The van der Waals surface area contributed by atoms with Gasteiger partial charge >= 0.3 is 5.97 Å². The molecule has 0 saturated carbocycles. The number of hydrogen-bond acceptors (Lipinski definition) is 6. The molecule has 1 aliphatic heterocycles. The lowest BCUT2D eigenvalue weighted by molar-refractivity contribution is -0.146. The maximum Gasteiger partial charge on any atom is 0.315 e. The van der Waals surface area contributed by atoms with E-state index in [1.54, 1.807) is 18.2 Å². The highest BCUT2D eigenvalue weighted by Crippen LogP contribution is 2.48. The van der Waals surface area contributed by atoms with Gasteiger partial charge in [0.05, 0.1) is 13.7 Å². The normalized spacial score (nSPS) is 21.5. The van der Waals surface area contributed by atoms with Crippen molar-refractivity contribution in [2.24, 2.45) is 16.3 Å². The van der Waals surface area contributed by atoms with E-state index in [1.165, 1.54) is 7.11 Å². The van der Waals surface area contributed by atoms with Crippen molar-refractivity contribution in [1.29, 1.82) is 0 Å². The third-order valence-electron chi connectivity index (χ3n) is 6.60. The van der Waals surface area contributed by atoms with Gasteiger partial charge in [-0.1, -0.05) is 50.2 Å². The Morgan fingerprint density at radius 3 is 2.56 bits per heavy atom. The first kappa shape index (κ1) is 23.7. The van der Waals surface area contributed by atoms with Crippen molar-refractivity contribution < 1.29 is 24.2 Å². The van der Waals surface area contributed by atoms with Crippen LogP contribution in [-0.2, 0) is 20.7 Å². The summed E-state index contributed by atoms with van der Waals surface area (Å²) in [6.07, 6.45) is 1.64. The molecule has 2 aliphatic rings. The van der Waals surface area contributed by atoms with E-state index in [4.69, 9.17) is 14.5 Å². The second-order valence-corrected chi connectivity index (χ2v) is 9.84. The van der Waals surface area contributed by atoms with E-state index in [9.17, 15) is 14.7 Å². The van der Waals surface area contributed by atoms with Gasteiger partial charge in [-0.3, -0.25) is 14.6 Å². The van der Waals surface area contributed by atoms with Crippen LogP contribution in [0.2, 0.25) is 0 Å². The van der Waals surface area contributed by atoms with E-state index in [-0.39, 0.29) is 23.6 Å². The van der Waals surface area contributed by atoms with Crippen LogP contribution in [0.4, 0.5) is 0 Å². The number of aromatic hydroxyl groups is 1. The van der Waals surface area contributed by atoms with Gasteiger partial charge < -0.3 is 14.6 Å². The quantitative estimate of drug-likeness (QED) is 0.612. The summed E-state index contributed by atoms with van der Waals surface area (Å²) in [4.78, 5) is 31.5. The van der Waals surface area contributed by atoms with Crippen LogP contribution in [0, 0.1) is 11.3 Å². The van der Waals surface area contributed by atoms with Crippen LogP contribution in [0.25, 0.3) is 0 Å². The summed E-state index contributed by atoms with van der Waals surface area (Å²) in [5.74, 6) is -1.45. The van der Waals surface area contributed by atoms with E-state index in [2.05, 4.69) is 13.8 Å². The lowest BCUT2D eigenvalue weighted by Crippen LogP contribution is -2.39. The number of Topliss-reactive ketones (excluding diaryl/α,β-unsaturated/α-hetero) is 1. The Morgan fingerprint density at radius 1 is 1.15 bits per heavy atom. The first-order valence-electron chi connectivity index (χ1n) is 11.6. The summed E-state index contributed by atoms with van der Waals surface area (Å²) in [7, 11) is 1.48. The van der Waals surface area contributed by atoms with Gasteiger partial charge in [-0.25, -0.2) is 0 Å². The lowest BCUT2D eigenvalue weighted by Gasteiger charge is -2.39. The fourth-order valence-electron chi connectivity index (χ4n) is 5.01. The predicted octanol–water partition coefficient (Wildman–Crippen LogP) is 5.00. The Kier molecular flexibility index (Phi) is 6.60. The minimum Gasteiger partial charge on any atom is -0.504 e. The second kappa shape index (κ2) is 9.45. The number of phenols is 1. The third-order valence-corrected chi connectivity index (χ3v) is 6.60. The van der Waals surface area contributed by atoms with Crippen molar-refractivity contribution in [2.45, 2.75) is 46.0 Å². The Morgan fingerprint density at radius 2 is 1.88 bits per heavy atom. The van der Waals surface area contributed by atoms with Gasteiger partial charge in [-0.05, 0) is 42.0 Å². The number of carbonyl (C=O) groups excluding carboxylic acids is 2. The zero-order valence-corrected chi connectivity index (χ0v) is 20.1. The van der Waals surface area contributed by atoms with Crippen molar-refractivity contribution in [1.82, 2.24) is 0 Å². The molecule has 1 unspecified atom stereocenters. The van der Waals surface area contributed by atoms with Crippen molar-refractivity contribution in [3.8, 4) is 11.5 Å². The first-order chi connectivity index (χ1) is 16.2. The highest BCUT2D eigenvalue weighted by Gasteiger charge is 2.46. The minimum atomic E-state index is -0.743. The fraction of sp³-hybridized carbons (Fsp3) is 0.393. The zero-order valence-electron chi connectivity index (χ0n) is 20.1. The maximum atomic E-state index is 13.4. The Hall–Kier alpha value is -3.41. The number of benzene rings is 2. The van der Waals surface area contributed by atoms with E-state index >= 15 is 0 Å². The molecule has 2 aromatic carbocycles. The van der Waals surface area contributed by atoms with Crippen molar-refractivity contribution in [3.63, 3.8) is 0 Å². The van der Waals surface area contributed by atoms with E-state index < -0.39 is 17.8 Å². The number of ketones is 1. The fourth-order valence-corrected chi connectivity index (χ4v) is 5.01. The monoisotopic (exact) mass is 461 g/mol. The van der Waals surface area contributed by atoms with Crippen LogP contribution in [-0.4, -0.2) is 36.3 Å². The summed E-state index contributed by atoms with van der Waals surface area (Å²) in [6.45, 7) is 6.16. The van der Waals surface area contributed by atoms with Crippen LogP contribution in [0.15, 0.2) is 64.8 Å². The molecule has 4 rings (SSSR count). The average molecular weight is 462 g/mol. The number of allylic oxidation sites excluding steroid dienone is 2. The predicted molar refractivity (Wildman–Crippen MR) is 130 cm³/mol. The van der Waals surface area contributed by atoms with E-state index in [0.29, 0.717) is 41.9 Å². The first-order valence-corrected chi connectivity index (χ1v) is 11.6. The molecule has 1 heterocycles. The number of ether oxygens (including phenoxy) is 2. The van der Waals surface area contributed by atoms with Crippen LogP contribution in [0.5, 0.6) is 11.5 Å². The molecule has 6 heteroatoms. The topological polar surface area (TPSA) is 85.2 Å². The maximum absolute atomic E-state index is 13.4. The summed E-state index contributed by atoms with van der Waals surface area (Å²) in [6, 6.07) is 14.8. The van der Waals surface area contributed by atoms with Gasteiger partial charge in [0.25, 0.3) is 0 Å². The number of hydrogen-bond donors (Lipinski definition) is 1. The van der Waals surface area contributed by atoms with Gasteiger partial charge in [0, 0.05) is 35.7 Å².